The Hall–Kier alpha value is -2.83. The molecule has 6 nitrogen and oxygen atoms in total. The van der Waals surface area contributed by atoms with Gasteiger partial charge in [-0.2, -0.15) is 0 Å². The number of likely N-dealkylation sites (N-methyl/N-ethyl adjacent to an activating group) is 1. The van der Waals surface area contributed by atoms with Crippen LogP contribution < -0.4 is 10.2 Å². The summed E-state index contributed by atoms with van der Waals surface area (Å²) in [6.07, 6.45) is 0.919. The number of halogens is 1. The fourth-order valence-corrected chi connectivity index (χ4v) is 4.50. The highest BCUT2D eigenvalue weighted by Crippen LogP contribution is 2.38. The van der Waals surface area contributed by atoms with E-state index in [1.165, 1.54) is 0 Å². The Labute approximate surface area is 198 Å². The highest BCUT2D eigenvalue weighted by Gasteiger charge is 2.42. The molecule has 1 atom stereocenters. The fraction of sp³-hybridized carbons (Fsp3) is 0.385. The molecule has 1 aromatic heterocycles. The van der Waals surface area contributed by atoms with Crippen LogP contribution in [0.15, 0.2) is 51.7 Å². The zero-order chi connectivity index (χ0) is 23.5. The van der Waals surface area contributed by atoms with Crippen molar-refractivity contribution >= 4 is 28.5 Å². The first kappa shape index (κ1) is 23.3. The Morgan fingerprint density at radius 3 is 2.45 bits per heavy atom. The quantitative estimate of drug-likeness (QED) is 0.436. The Morgan fingerprint density at radius 2 is 1.79 bits per heavy atom. The molecule has 33 heavy (non-hydrogen) atoms. The van der Waals surface area contributed by atoms with Crippen molar-refractivity contribution in [1.82, 2.24) is 9.80 Å². The van der Waals surface area contributed by atoms with Crippen LogP contribution in [0.4, 0.5) is 0 Å². The van der Waals surface area contributed by atoms with E-state index in [9.17, 15) is 9.59 Å². The first-order valence-electron chi connectivity index (χ1n) is 11.5. The van der Waals surface area contributed by atoms with Gasteiger partial charge >= 0.3 is 0 Å². The lowest BCUT2D eigenvalue weighted by molar-refractivity contribution is 0.0708. The monoisotopic (exact) mass is 468 g/mol. The van der Waals surface area contributed by atoms with Crippen LogP contribution in [0.5, 0.6) is 5.75 Å². The number of amides is 1. The highest BCUT2D eigenvalue weighted by atomic mass is 35.5. The van der Waals surface area contributed by atoms with Crippen molar-refractivity contribution in [3.63, 3.8) is 0 Å². The maximum absolute atomic E-state index is 13.6. The molecule has 2 heterocycles. The van der Waals surface area contributed by atoms with Crippen LogP contribution in [-0.4, -0.2) is 48.5 Å². The molecule has 0 radical (unpaired) electrons. The summed E-state index contributed by atoms with van der Waals surface area (Å²) in [6, 6.07) is 12.0. The van der Waals surface area contributed by atoms with E-state index in [0.29, 0.717) is 41.3 Å². The number of nitrogens with zero attached hydrogens (tertiary/aromatic N) is 2. The molecule has 3 aromatic rings. The summed E-state index contributed by atoms with van der Waals surface area (Å²) in [5.74, 6) is 0.616. The summed E-state index contributed by atoms with van der Waals surface area (Å²) >= 11 is 6.15. The normalized spacial score (nSPS) is 15.5. The molecule has 2 aromatic carbocycles. The average molecular weight is 469 g/mol. The minimum Gasteiger partial charge on any atom is -0.494 e. The summed E-state index contributed by atoms with van der Waals surface area (Å²) in [4.78, 5) is 31.0. The number of hydrogen-bond acceptors (Lipinski definition) is 5. The summed E-state index contributed by atoms with van der Waals surface area (Å²) < 4.78 is 11.7. The van der Waals surface area contributed by atoms with Crippen molar-refractivity contribution < 1.29 is 13.9 Å². The summed E-state index contributed by atoms with van der Waals surface area (Å²) in [5, 5.41) is 0.832. The van der Waals surface area contributed by atoms with Gasteiger partial charge in [0.15, 0.2) is 5.43 Å². The van der Waals surface area contributed by atoms with Crippen molar-refractivity contribution in [2.75, 3.05) is 32.8 Å². The van der Waals surface area contributed by atoms with Gasteiger partial charge in [-0.1, -0.05) is 44.5 Å². The van der Waals surface area contributed by atoms with Crippen LogP contribution >= 0.6 is 11.6 Å². The maximum atomic E-state index is 13.6. The molecule has 0 N–H and O–H groups in total. The number of rotatable bonds is 9. The molecular weight excluding hydrogens is 440 g/mol. The average Bonchev–Trinajstić information content (AvgIpc) is 3.11. The molecule has 1 unspecified atom stereocenters. The SMILES string of the molecule is CCCOc1ccc(C2c3c(oc4ccc(Cl)cc4c3=O)C(=O)N2CCN(CC)CC)cc1. The predicted octanol–water partition coefficient (Wildman–Crippen LogP) is 5.12. The maximum Gasteiger partial charge on any atom is 0.290 e. The second-order valence-electron chi connectivity index (χ2n) is 8.16. The first-order valence-corrected chi connectivity index (χ1v) is 11.9. The van der Waals surface area contributed by atoms with E-state index in [0.717, 1.165) is 30.8 Å². The van der Waals surface area contributed by atoms with Crippen LogP contribution in [0.1, 0.15) is 54.9 Å². The summed E-state index contributed by atoms with van der Waals surface area (Å²) in [5.41, 5.74) is 1.36. The van der Waals surface area contributed by atoms with E-state index in [2.05, 4.69) is 25.7 Å². The molecule has 0 saturated carbocycles. The Balaban J connectivity index is 1.81. The van der Waals surface area contributed by atoms with Gasteiger partial charge in [-0.3, -0.25) is 9.59 Å². The Bertz CT molecular complexity index is 1200. The van der Waals surface area contributed by atoms with Crippen molar-refractivity contribution in [2.24, 2.45) is 0 Å². The largest absolute Gasteiger partial charge is 0.494 e. The van der Waals surface area contributed by atoms with Crippen molar-refractivity contribution in [3.05, 3.63) is 74.6 Å². The molecule has 7 heteroatoms. The number of ether oxygens (including phenoxy) is 1. The Morgan fingerprint density at radius 1 is 1.06 bits per heavy atom. The molecule has 1 aliphatic heterocycles. The summed E-state index contributed by atoms with van der Waals surface area (Å²) in [6.45, 7) is 9.85. The van der Waals surface area contributed by atoms with Gasteiger partial charge in [0.2, 0.25) is 5.76 Å². The van der Waals surface area contributed by atoms with Gasteiger partial charge in [0, 0.05) is 18.1 Å². The van der Waals surface area contributed by atoms with Gasteiger partial charge in [-0.05, 0) is 55.4 Å². The number of fused-ring (bicyclic) bond motifs is 2. The van der Waals surface area contributed by atoms with E-state index in [1.54, 1.807) is 23.1 Å². The number of hydrogen-bond donors (Lipinski definition) is 0. The molecule has 1 amide bonds. The van der Waals surface area contributed by atoms with Crippen molar-refractivity contribution in [3.8, 4) is 5.75 Å². The smallest absolute Gasteiger partial charge is 0.290 e. The third kappa shape index (κ3) is 4.50. The lowest BCUT2D eigenvalue weighted by atomic mass is 9.98. The lowest BCUT2D eigenvalue weighted by Gasteiger charge is -2.28. The van der Waals surface area contributed by atoms with E-state index in [4.69, 9.17) is 20.8 Å². The van der Waals surface area contributed by atoms with Gasteiger partial charge in [-0.15, -0.1) is 0 Å². The van der Waals surface area contributed by atoms with Gasteiger partial charge in [0.1, 0.15) is 11.3 Å². The fourth-order valence-electron chi connectivity index (χ4n) is 4.33. The standard InChI is InChI=1S/C26H29ClN2O4/c1-4-15-32-19-10-7-17(8-11-19)23-22-24(30)20-16-18(27)9-12-21(20)33-25(22)26(31)29(23)14-13-28(5-2)6-3/h7-12,16,23H,4-6,13-15H2,1-3H3. The summed E-state index contributed by atoms with van der Waals surface area (Å²) in [7, 11) is 0. The van der Waals surface area contributed by atoms with E-state index < -0.39 is 6.04 Å². The minimum absolute atomic E-state index is 0.116. The van der Waals surface area contributed by atoms with Gasteiger partial charge in [-0.25, -0.2) is 0 Å². The Kier molecular flexibility index (Phi) is 7.05. The second kappa shape index (κ2) is 9.98. The number of carbonyl (C=O) groups excluding carboxylic acids is 1. The highest BCUT2D eigenvalue weighted by molar-refractivity contribution is 6.31. The molecule has 0 fully saturated rings. The zero-order valence-corrected chi connectivity index (χ0v) is 20.0. The molecule has 0 aliphatic carbocycles. The molecule has 174 valence electrons. The third-order valence-electron chi connectivity index (χ3n) is 6.15. The van der Waals surface area contributed by atoms with E-state index >= 15 is 0 Å². The van der Waals surface area contributed by atoms with Crippen LogP contribution in [0, 0.1) is 0 Å². The van der Waals surface area contributed by atoms with Gasteiger partial charge in [0.25, 0.3) is 5.91 Å². The molecular formula is C26H29ClN2O4. The van der Waals surface area contributed by atoms with Gasteiger partial charge < -0.3 is 19.0 Å². The molecule has 0 bridgehead atoms. The van der Waals surface area contributed by atoms with Crippen LogP contribution in [0.25, 0.3) is 11.0 Å². The van der Waals surface area contributed by atoms with Crippen molar-refractivity contribution in [1.29, 1.82) is 0 Å². The molecule has 0 saturated heterocycles. The lowest BCUT2D eigenvalue weighted by Crippen LogP contribution is -2.37. The third-order valence-corrected chi connectivity index (χ3v) is 6.38. The minimum atomic E-state index is -0.525. The van der Waals surface area contributed by atoms with Crippen LogP contribution in [0.2, 0.25) is 5.02 Å². The van der Waals surface area contributed by atoms with Crippen LogP contribution in [-0.2, 0) is 0 Å². The van der Waals surface area contributed by atoms with Gasteiger partial charge in [0.05, 0.1) is 23.6 Å². The van der Waals surface area contributed by atoms with E-state index in [-0.39, 0.29) is 17.1 Å². The molecule has 4 rings (SSSR count). The molecule has 1 aliphatic rings. The predicted molar refractivity (Wildman–Crippen MR) is 130 cm³/mol. The van der Waals surface area contributed by atoms with E-state index in [1.807, 2.05) is 24.3 Å². The second-order valence-corrected chi connectivity index (χ2v) is 8.60. The van der Waals surface area contributed by atoms with Crippen LogP contribution in [0.3, 0.4) is 0 Å². The number of carbonyl (C=O) groups is 1. The topological polar surface area (TPSA) is 63.0 Å². The first-order chi connectivity index (χ1) is 16.0. The zero-order valence-electron chi connectivity index (χ0n) is 19.3. The molecule has 0 spiro atoms. The van der Waals surface area contributed by atoms with Crippen molar-refractivity contribution in [2.45, 2.75) is 33.2 Å². The number of benzene rings is 2.